The van der Waals surface area contributed by atoms with Crippen molar-refractivity contribution in [2.45, 2.75) is 63.1 Å². The number of halogens is 1. The smallest absolute Gasteiger partial charge is 0.229 e. The number of pyridine rings is 1. The van der Waals surface area contributed by atoms with E-state index in [2.05, 4.69) is 21.5 Å². The van der Waals surface area contributed by atoms with Gasteiger partial charge >= 0.3 is 0 Å². The molecule has 47 heavy (non-hydrogen) atoms. The number of amides is 1. The van der Waals surface area contributed by atoms with Crippen molar-refractivity contribution >= 4 is 11.7 Å². The lowest BCUT2D eigenvalue weighted by atomic mass is 9.73. The SMILES string of the molecule is Cn1cc(-c2ccc(C(C(=O)NCc3ccccc3)C3CCC(Cc4ncc(C#N)c(N5CCC(F)(CO)CC5)n4)CC3)nc2)cn1. The number of aromatic nitrogens is 5. The Morgan fingerprint density at radius 2 is 1.83 bits per heavy atom. The fourth-order valence-corrected chi connectivity index (χ4v) is 6.90. The molecule has 1 atom stereocenters. The van der Waals surface area contributed by atoms with Gasteiger partial charge in [0.15, 0.2) is 0 Å². The second kappa shape index (κ2) is 14.4. The molecule has 1 saturated carbocycles. The number of aryl methyl sites for hydroxylation is 1. The Bertz CT molecular complexity index is 1690. The molecule has 1 aliphatic heterocycles. The number of rotatable bonds is 10. The Balaban J connectivity index is 1.14. The third-order valence-corrected chi connectivity index (χ3v) is 9.75. The molecule has 2 fully saturated rings. The van der Waals surface area contributed by atoms with Crippen LogP contribution in [-0.4, -0.2) is 61.1 Å². The van der Waals surface area contributed by atoms with E-state index in [1.807, 2.05) is 66.8 Å². The van der Waals surface area contributed by atoms with Gasteiger partial charge in [-0.15, -0.1) is 0 Å². The number of nitrogens with one attached hydrogen (secondary N) is 1. The number of hydrogen-bond acceptors (Lipinski definition) is 8. The first-order valence-electron chi connectivity index (χ1n) is 16.4. The number of piperidine rings is 1. The second-order valence-electron chi connectivity index (χ2n) is 13.0. The Hall–Kier alpha value is -4.69. The molecule has 1 saturated heterocycles. The molecule has 1 amide bonds. The van der Waals surface area contributed by atoms with Crippen LogP contribution in [0.2, 0.25) is 0 Å². The standard InChI is InChI=1S/C36H41FN8O2/c1-44-23-30(22-42-44)28-11-12-31(39-20-28)33(35(47)41-19-26-5-3-2-4-6-26)27-9-7-25(8-10-27)17-32-40-21-29(18-38)34(43-32)45-15-13-36(37,24-46)14-16-45/h2-6,11-12,20-23,25,27,33,46H,7-10,13-17,19,24H2,1H3,(H,41,47). The van der Waals surface area contributed by atoms with Gasteiger partial charge in [-0.1, -0.05) is 36.4 Å². The van der Waals surface area contributed by atoms with E-state index in [1.54, 1.807) is 17.1 Å². The zero-order valence-corrected chi connectivity index (χ0v) is 26.7. The maximum atomic E-state index is 14.6. The van der Waals surface area contributed by atoms with E-state index in [1.165, 1.54) is 0 Å². The Morgan fingerprint density at radius 1 is 1.06 bits per heavy atom. The first-order valence-corrected chi connectivity index (χ1v) is 16.4. The lowest BCUT2D eigenvalue weighted by Gasteiger charge is -2.36. The van der Waals surface area contributed by atoms with Crippen molar-refractivity contribution in [3.63, 3.8) is 0 Å². The van der Waals surface area contributed by atoms with Gasteiger partial charge in [-0.2, -0.15) is 10.4 Å². The van der Waals surface area contributed by atoms with Crippen LogP contribution in [0.1, 0.15) is 67.1 Å². The van der Waals surface area contributed by atoms with Crippen LogP contribution in [0, 0.1) is 23.2 Å². The van der Waals surface area contributed by atoms with E-state index in [0.29, 0.717) is 49.2 Å². The van der Waals surface area contributed by atoms with E-state index in [9.17, 15) is 19.6 Å². The number of carbonyl (C=O) groups is 1. The second-order valence-corrected chi connectivity index (χ2v) is 13.0. The highest BCUT2D eigenvalue weighted by Gasteiger charge is 2.36. The number of benzene rings is 1. The minimum atomic E-state index is -1.58. The zero-order valence-electron chi connectivity index (χ0n) is 26.7. The van der Waals surface area contributed by atoms with Gasteiger partial charge in [-0.25, -0.2) is 14.4 Å². The number of alkyl halides is 1. The predicted molar refractivity (Wildman–Crippen MR) is 176 cm³/mol. The van der Waals surface area contributed by atoms with Gasteiger partial charge in [0.2, 0.25) is 5.91 Å². The minimum Gasteiger partial charge on any atom is -0.393 e. The molecule has 11 heteroatoms. The van der Waals surface area contributed by atoms with Crippen LogP contribution in [0.25, 0.3) is 11.1 Å². The number of aliphatic hydroxyl groups is 1. The van der Waals surface area contributed by atoms with Crippen LogP contribution < -0.4 is 10.2 Å². The average Bonchev–Trinajstić information content (AvgIpc) is 3.55. The molecule has 3 aromatic heterocycles. The summed E-state index contributed by atoms with van der Waals surface area (Å²) in [5.41, 5.74) is 2.55. The summed E-state index contributed by atoms with van der Waals surface area (Å²) in [6, 6.07) is 16.1. The van der Waals surface area contributed by atoms with Crippen LogP contribution in [0.15, 0.2) is 67.3 Å². The van der Waals surface area contributed by atoms with Gasteiger partial charge in [-0.3, -0.25) is 14.5 Å². The van der Waals surface area contributed by atoms with Gasteiger partial charge < -0.3 is 15.3 Å². The number of nitriles is 1. The largest absolute Gasteiger partial charge is 0.393 e. The number of nitrogens with zero attached hydrogens (tertiary/aromatic N) is 7. The number of hydrogen-bond donors (Lipinski definition) is 2. The first-order chi connectivity index (χ1) is 22.8. The van der Waals surface area contributed by atoms with Crippen molar-refractivity contribution in [1.82, 2.24) is 30.0 Å². The molecular formula is C36H41FN8O2. The van der Waals surface area contributed by atoms with Crippen molar-refractivity contribution in [2.24, 2.45) is 18.9 Å². The lowest BCUT2D eigenvalue weighted by Crippen LogP contribution is -2.44. The Kier molecular flexibility index (Phi) is 9.87. The molecule has 6 rings (SSSR count). The lowest BCUT2D eigenvalue weighted by molar-refractivity contribution is -0.124. The van der Waals surface area contributed by atoms with Crippen LogP contribution in [0.3, 0.4) is 0 Å². The highest BCUT2D eigenvalue weighted by molar-refractivity contribution is 5.83. The number of aliphatic hydroxyl groups excluding tert-OH is 1. The molecule has 1 aromatic carbocycles. The third kappa shape index (κ3) is 7.66. The summed E-state index contributed by atoms with van der Waals surface area (Å²) in [4.78, 5) is 29.8. The van der Waals surface area contributed by atoms with Crippen molar-refractivity contribution in [3.05, 3.63) is 89.9 Å². The molecule has 10 nitrogen and oxygen atoms in total. The topological polar surface area (TPSA) is 133 Å². The van der Waals surface area contributed by atoms with E-state index in [4.69, 9.17) is 9.97 Å². The maximum absolute atomic E-state index is 14.6. The number of anilines is 1. The highest BCUT2D eigenvalue weighted by Crippen LogP contribution is 2.39. The van der Waals surface area contributed by atoms with Gasteiger partial charge in [0, 0.05) is 69.5 Å². The molecule has 4 heterocycles. The minimum absolute atomic E-state index is 0.0148. The fraction of sp³-hybridized carbons (Fsp3) is 0.444. The van der Waals surface area contributed by atoms with Crippen molar-refractivity contribution < 1.29 is 14.3 Å². The molecule has 0 radical (unpaired) electrons. The summed E-state index contributed by atoms with van der Waals surface area (Å²) in [7, 11) is 1.88. The van der Waals surface area contributed by atoms with Crippen LogP contribution in [0.5, 0.6) is 0 Å². The third-order valence-electron chi connectivity index (χ3n) is 9.75. The van der Waals surface area contributed by atoms with Gasteiger partial charge in [-0.05, 0) is 49.1 Å². The molecule has 2 N–H and O–H groups in total. The summed E-state index contributed by atoms with van der Waals surface area (Å²) in [6.07, 6.45) is 11.8. The molecule has 0 bridgehead atoms. The van der Waals surface area contributed by atoms with E-state index < -0.39 is 12.3 Å². The fourth-order valence-electron chi connectivity index (χ4n) is 6.90. The molecule has 4 aromatic rings. The van der Waals surface area contributed by atoms with Gasteiger partial charge in [0.1, 0.15) is 28.9 Å². The highest BCUT2D eigenvalue weighted by atomic mass is 19.1. The quantitative estimate of drug-likeness (QED) is 0.251. The van der Waals surface area contributed by atoms with Gasteiger partial charge in [0.05, 0.1) is 30.6 Å². The summed E-state index contributed by atoms with van der Waals surface area (Å²) in [5.74, 6) is 1.31. The summed E-state index contributed by atoms with van der Waals surface area (Å²) in [5, 5.41) is 26.5. The molecule has 1 aliphatic carbocycles. The summed E-state index contributed by atoms with van der Waals surface area (Å²) >= 11 is 0. The summed E-state index contributed by atoms with van der Waals surface area (Å²) < 4.78 is 16.4. The maximum Gasteiger partial charge on any atom is 0.229 e. The molecule has 2 aliphatic rings. The van der Waals surface area contributed by atoms with Gasteiger partial charge in [0.25, 0.3) is 0 Å². The Labute approximate surface area is 274 Å². The first kappa shape index (κ1) is 32.3. The molecule has 0 spiro atoms. The van der Waals surface area contributed by atoms with Crippen molar-refractivity contribution in [1.29, 1.82) is 5.26 Å². The molecular weight excluding hydrogens is 595 g/mol. The average molecular weight is 637 g/mol. The zero-order chi connectivity index (χ0) is 32.8. The van der Waals surface area contributed by atoms with E-state index in [0.717, 1.165) is 48.1 Å². The molecule has 1 unspecified atom stereocenters. The van der Waals surface area contributed by atoms with Crippen molar-refractivity contribution in [3.8, 4) is 17.2 Å². The predicted octanol–water partition coefficient (Wildman–Crippen LogP) is 4.89. The van der Waals surface area contributed by atoms with Crippen LogP contribution >= 0.6 is 0 Å². The number of carbonyl (C=O) groups excluding carboxylic acids is 1. The monoisotopic (exact) mass is 636 g/mol. The summed E-state index contributed by atoms with van der Waals surface area (Å²) in [6.45, 7) is 0.740. The Morgan fingerprint density at radius 3 is 2.47 bits per heavy atom. The van der Waals surface area contributed by atoms with Crippen LogP contribution in [0.4, 0.5) is 10.2 Å². The van der Waals surface area contributed by atoms with Crippen LogP contribution in [-0.2, 0) is 24.8 Å². The normalized spacial score (nSPS) is 19.9. The van der Waals surface area contributed by atoms with E-state index >= 15 is 0 Å². The molecule has 244 valence electrons. The van der Waals surface area contributed by atoms with Crippen molar-refractivity contribution in [2.75, 3.05) is 24.6 Å². The van der Waals surface area contributed by atoms with E-state index in [-0.39, 0.29) is 30.6 Å².